The Balaban J connectivity index is 1.48. The molecule has 1 fully saturated rings. The molecule has 6 rings (SSSR count). The average molecular weight is 494 g/mol. The molecule has 0 radical (unpaired) electrons. The van der Waals surface area contributed by atoms with Crippen LogP contribution in [0, 0.1) is 0 Å². The predicted molar refractivity (Wildman–Crippen MR) is 139 cm³/mol. The lowest BCUT2D eigenvalue weighted by Crippen LogP contribution is -2.51. The maximum atomic E-state index is 12.3. The van der Waals surface area contributed by atoms with E-state index >= 15 is 0 Å². The Morgan fingerprint density at radius 1 is 0.838 bits per heavy atom. The highest BCUT2D eigenvalue weighted by Crippen LogP contribution is 2.46. The van der Waals surface area contributed by atoms with Gasteiger partial charge in [-0.15, -0.1) is 0 Å². The smallest absolute Gasteiger partial charge is 0.167 e. The molecule has 186 valence electrons. The van der Waals surface area contributed by atoms with Crippen LogP contribution in [0.5, 0.6) is 0 Å². The molecule has 0 saturated carbocycles. The SMILES string of the molecule is Nc1ncnc2c1ncn2[C@H]1C[C@H](O)[C@@H](C(O)C(c2ccccc2)(c2ccccc2)c2ccccc2)O1. The second-order valence-electron chi connectivity index (χ2n) is 9.29. The van der Waals surface area contributed by atoms with E-state index in [0.717, 1.165) is 16.7 Å². The van der Waals surface area contributed by atoms with Crippen molar-refractivity contribution in [1.82, 2.24) is 19.5 Å². The zero-order valence-corrected chi connectivity index (χ0v) is 20.0. The van der Waals surface area contributed by atoms with Gasteiger partial charge in [-0.25, -0.2) is 15.0 Å². The van der Waals surface area contributed by atoms with Crippen LogP contribution >= 0.6 is 0 Å². The van der Waals surface area contributed by atoms with E-state index in [1.54, 1.807) is 10.9 Å². The Bertz CT molecular complexity index is 1400. The number of nitrogens with two attached hydrogens (primary N) is 1. The summed E-state index contributed by atoms with van der Waals surface area (Å²) in [5.41, 5.74) is 8.63. The van der Waals surface area contributed by atoms with E-state index in [9.17, 15) is 10.2 Å². The van der Waals surface area contributed by atoms with Gasteiger partial charge in [-0.2, -0.15) is 0 Å². The third kappa shape index (κ3) is 3.77. The van der Waals surface area contributed by atoms with Gasteiger partial charge in [0.05, 0.1) is 17.8 Å². The highest BCUT2D eigenvalue weighted by Gasteiger charge is 2.52. The number of aromatic nitrogens is 4. The first-order valence-corrected chi connectivity index (χ1v) is 12.2. The number of hydrogen-bond acceptors (Lipinski definition) is 7. The largest absolute Gasteiger partial charge is 0.390 e. The van der Waals surface area contributed by atoms with Gasteiger partial charge in [0.1, 0.15) is 30.3 Å². The van der Waals surface area contributed by atoms with Crippen molar-refractivity contribution >= 4 is 17.0 Å². The molecule has 1 aliphatic rings. The fraction of sp³-hybridized carbons (Fsp3) is 0.207. The summed E-state index contributed by atoms with van der Waals surface area (Å²) in [4.78, 5) is 12.7. The number of rotatable bonds is 6. The van der Waals surface area contributed by atoms with Gasteiger partial charge in [0.25, 0.3) is 0 Å². The molecule has 0 spiro atoms. The van der Waals surface area contributed by atoms with Crippen molar-refractivity contribution in [3.8, 4) is 0 Å². The number of nitrogens with zero attached hydrogens (tertiary/aromatic N) is 4. The second-order valence-corrected chi connectivity index (χ2v) is 9.29. The van der Waals surface area contributed by atoms with E-state index in [4.69, 9.17) is 10.5 Å². The monoisotopic (exact) mass is 493 g/mol. The molecule has 4 atom stereocenters. The maximum Gasteiger partial charge on any atom is 0.167 e. The lowest BCUT2D eigenvalue weighted by molar-refractivity contribution is -0.0960. The van der Waals surface area contributed by atoms with Gasteiger partial charge in [-0.1, -0.05) is 91.0 Å². The minimum Gasteiger partial charge on any atom is -0.390 e. The van der Waals surface area contributed by atoms with E-state index < -0.39 is 30.0 Å². The summed E-state index contributed by atoms with van der Waals surface area (Å²) < 4.78 is 8.15. The Kier molecular flexibility index (Phi) is 5.92. The molecule has 3 heterocycles. The Hall–Kier alpha value is -4.11. The van der Waals surface area contributed by atoms with Gasteiger partial charge in [0, 0.05) is 6.42 Å². The van der Waals surface area contributed by atoms with Crippen LogP contribution in [-0.2, 0) is 10.2 Å². The molecule has 8 heteroatoms. The fourth-order valence-electron chi connectivity index (χ4n) is 5.57. The lowest BCUT2D eigenvalue weighted by Gasteiger charge is -2.42. The molecule has 37 heavy (non-hydrogen) atoms. The van der Waals surface area contributed by atoms with Gasteiger partial charge >= 0.3 is 0 Å². The third-order valence-electron chi connectivity index (χ3n) is 7.28. The summed E-state index contributed by atoms with van der Waals surface area (Å²) in [5.74, 6) is 0.273. The summed E-state index contributed by atoms with van der Waals surface area (Å²) in [7, 11) is 0. The lowest BCUT2D eigenvalue weighted by atomic mass is 9.64. The van der Waals surface area contributed by atoms with Crippen molar-refractivity contribution in [2.45, 2.75) is 36.4 Å². The van der Waals surface area contributed by atoms with Crippen molar-refractivity contribution in [2.24, 2.45) is 0 Å². The number of imidazole rings is 1. The molecule has 8 nitrogen and oxygen atoms in total. The number of anilines is 1. The third-order valence-corrected chi connectivity index (χ3v) is 7.28. The first-order chi connectivity index (χ1) is 18.1. The molecular weight excluding hydrogens is 466 g/mol. The van der Waals surface area contributed by atoms with Crippen molar-refractivity contribution in [1.29, 1.82) is 0 Å². The van der Waals surface area contributed by atoms with Crippen LogP contribution in [-0.4, -0.2) is 48.0 Å². The van der Waals surface area contributed by atoms with Crippen molar-refractivity contribution < 1.29 is 14.9 Å². The molecule has 1 aliphatic heterocycles. The Morgan fingerprint density at radius 2 is 1.38 bits per heavy atom. The standard InChI is InChI=1S/C29H27N5O3/c30-27-24-28(32-17-31-27)34(18-33-24)23-16-22(35)25(37-23)26(36)29(19-10-4-1-5-11-19,20-12-6-2-7-13-20)21-14-8-3-9-15-21/h1-15,17-18,22-23,25-26,35-36H,16H2,(H2,30,31,32)/t22-,23+,25-,26?/m0/s1. The highest BCUT2D eigenvalue weighted by atomic mass is 16.5. The number of nitrogen functional groups attached to an aromatic ring is 1. The van der Waals surface area contributed by atoms with Crippen molar-refractivity contribution in [3.63, 3.8) is 0 Å². The van der Waals surface area contributed by atoms with Crippen LogP contribution in [0.4, 0.5) is 5.82 Å². The Labute approximate surface area is 214 Å². The Morgan fingerprint density at radius 3 is 1.92 bits per heavy atom. The van der Waals surface area contributed by atoms with Gasteiger partial charge in [0.15, 0.2) is 11.5 Å². The minimum absolute atomic E-state index is 0.255. The molecular formula is C29H27N5O3. The van der Waals surface area contributed by atoms with Crippen molar-refractivity contribution in [2.75, 3.05) is 5.73 Å². The number of benzene rings is 3. The normalized spacial score (nSPS) is 20.8. The number of aliphatic hydroxyl groups is 2. The van der Waals surface area contributed by atoms with Gasteiger partial charge in [-0.3, -0.25) is 4.57 Å². The first-order valence-electron chi connectivity index (χ1n) is 12.2. The van der Waals surface area contributed by atoms with Crippen LogP contribution in [0.25, 0.3) is 11.2 Å². The molecule has 0 bridgehead atoms. The summed E-state index contributed by atoms with van der Waals surface area (Å²) >= 11 is 0. The summed E-state index contributed by atoms with van der Waals surface area (Å²) in [5, 5.41) is 23.6. The summed E-state index contributed by atoms with van der Waals surface area (Å²) in [6.07, 6.45) is -0.345. The average Bonchev–Trinajstić information content (AvgIpc) is 3.55. The van der Waals surface area contributed by atoms with Crippen molar-refractivity contribution in [3.05, 3.63) is 120 Å². The van der Waals surface area contributed by atoms with Gasteiger partial charge in [-0.05, 0) is 16.7 Å². The zero-order valence-electron chi connectivity index (χ0n) is 20.0. The molecule has 2 aromatic heterocycles. The topological polar surface area (TPSA) is 119 Å². The van der Waals surface area contributed by atoms with E-state index in [1.165, 1.54) is 6.33 Å². The summed E-state index contributed by atoms with van der Waals surface area (Å²) in [6, 6.07) is 29.6. The molecule has 3 aromatic carbocycles. The molecule has 1 unspecified atom stereocenters. The van der Waals surface area contributed by atoms with E-state index in [1.807, 2.05) is 91.0 Å². The highest BCUT2D eigenvalue weighted by molar-refractivity contribution is 5.81. The number of hydrogen-bond donors (Lipinski definition) is 3. The van der Waals surface area contributed by atoms with E-state index in [-0.39, 0.29) is 12.2 Å². The summed E-state index contributed by atoms with van der Waals surface area (Å²) in [6.45, 7) is 0. The number of fused-ring (bicyclic) bond motifs is 1. The first kappa shape index (κ1) is 23.3. The van der Waals surface area contributed by atoms with E-state index in [0.29, 0.717) is 11.2 Å². The van der Waals surface area contributed by atoms with Crippen LogP contribution in [0.3, 0.4) is 0 Å². The maximum absolute atomic E-state index is 12.3. The van der Waals surface area contributed by atoms with Gasteiger partial charge < -0.3 is 20.7 Å². The van der Waals surface area contributed by atoms with Crippen LogP contribution in [0.2, 0.25) is 0 Å². The number of ether oxygens (including phenoxy) is 1. The quantitative estimate of drug-likeness (QED) is 0.310. The molecule has 0 aliphatic carbocycles. The van der Waals surface area contributed by atoms with Crippen LogP contribution < -0.4 is 5.73 Å². The molecule has 4 N–H and O–H groups in total. The van der Waals surface area contributed by atoms with Gasteiger partial charge in [0.2, 0.25) is 0 Å². The fourth-order valence-corrected chi connectivity index (χ4v) is 5.57. The molecule has 5 aromatic rings. The van der Waals surface area contributed by atoms with Crippen LogP contribution in [0.15, 0.2) is 104 Å². The predicted octanol–water partition coefficient (Wildman–Crippen LogP) is 3.45. The molecule has 1 saturated heterocycles. The zero-order chi connectivity index (χ0) is 25.4. The minimum atomic E-state index is -1.13. The number of aliphatic hydroxyl groups excluding tert-OH is 2. The molecule has 0 amide bonds. The second kappa shape index (κ2) is 9.40. The van der Waals surface area contributed by atoms with Crippen LogP contribution in [0.1, 0.15) is 29.3 Å². The van der Waals surface area contributed by atoms with E-state index in [2.05, 4.69) is 15.0 Å².